The van der Waals surface area contributed by atoms with Crippen molar-refractivity contribution in [3.63, 3.8) is 0 Å². The number of rotatable bonds is 3. The highest BCUT2D eigenvalue weighted by atomic mass is 35.5. The molecule has 0 fully saturated rings. The summed E-state index contributed by atoms with van der Waals surface area (Å²) in [7, 11) is 0. The van der Waals surface area contributed by atoms with Crippen molar-refractivity contribution >= 4 is 40.0 Å². The Morgan fingerprint density at radius 1 is 1.20 bits per heavy atom. The topological polar surface area (TPSA) is 32.7 Å². The number of nitrogens with zero attached hydrogens (tertiary/aromatic N) is 2. The van der Waals surface area contributed by atoms with Crippen LogP contribution in [0.1, 0.15) is 31.9 Å². The van der Waals surface area contributed by atoms with Crippen LogP contribution in [0.4, 0.5) is 5.69 Å². The number of benzene rings is 2. The lowest BCUT2D eigenvalue weighted by Crippen LogP contribution is -2.37. The molecule has 4 rings (SSSR count). The summed E-state index contributed by atoms with van der Waals surface area (Å²) >= 11 is 8.17. The third kappa shape index (κ3) is 2.60. The van der Waals surface area contributed by atoms with E-state index in [0.717, 1.165) is 32.6 Å². The maximum absolute atomic E-state index is 12.8. The van der Waals surface area contributed by atoms with Crippen LogP contribution in [-0.4, -0.2) is 11.0 Å². The Hall–Kier alpha value is -2.04. The van der Waals surface area contributed by atoms with E-state index >= 15 is 0 Å². The molecule has 126 valence electrons. The van der Waals surface area contributed by atoms with Crippen LogP contribution >= 0.6 is 23.4 Å². The number of aliphatic imine (C=N–C) groups is 1. The molecule has 1 unspecified atom stereocenters. The Morgan fingerprint density at radius 3 is 2.68 bits per heavy atom. The number of anilines is 1. The van der Waals surface area contributed by atoms with E-state index in [1.807, 2.05) is 50.2 Å². The third-order valence-electron chi connectivity index (χ3n) is 4.54. The zero-order chi connectivity index (χ0) is 17.6. The van der Waals surface area contributed by atoms with Gasteiger partial charge in [-0.2, -0.15) is 0 Å². The van der Waals surface area contributed by atoms with Crippen LogP contribution in [0, 0.1) is 0 Å². The number of thioether (sulfide) groups is 1. The van der Waals surface area contributed by atoms with Crippen LogP contribution in [0.2, 0.25) is 5.02 Å². The van der Waals surface area contributed by atoms with Gasteiger partial charge < -0.3 is 4.90 Å². The molecule has 25 heavy (non-hydrogen) atoms. The van der Waals surface area contributed by atoms with Crippen molar-refractivity contribution in [3.8, 4) is 0 Å². The van der Waals surface area contributed by atoms with E-state index in [-0.39, 0.29) is 11.8 Å². The second kappa shape index (κ2) is 6.36. The molecule has 5 heteroatoms. The normalized spacial score (nSPS) is 18.8. The van der Waals surface area contributed by atoms with Gasteiger partial charge in [0.1, 0.15) is 0 Å². The van der Waals surface area contributed by atoms with E-state index in [1.54, 1.807) is 11.8 Å². The maximum Gasteiger partial charge on any atom is 0.174 e. The van der Waals surface area contributed by atoms with Crippen LogP contribution in [0.5, 0.6) is 0 Å². The highest BCUT2D eigenvalue weighted by Gasteiger charge is 2.41. The number of Topliss-reactive ketones (excluding diaryl/α,β-unsaturated/α-hetero) is 1. The van der Waals surface area contributed by atoms with Crippen molar-refractivity contribution in [1.29, 1.82) is 0 Å². The van der Waals surface area contributed by atoms with Gasteiger partial charge in [0.2, 0.25) is 0 Å². The third-order valence-corrected chi connectivity index (χ3v) is 5.92. The first-order chi connectivity index (χ1) is 12.1. The first-order valence-corrected chi connectivity index (χ1v) is 9.44. The lowest BCUT2D eigenvalue weighted by molar-refractivity contribution is -0.115. The zero-order valence-corrected chi connectivity index (χ0v) is 15.6. The SMILES string of the molecule is CCC(=O)C1=C(C)N=C2Sc3ccccc3N2C1c1ccccc1Cl. The number of allylic oxidation sites excluding steroid dienone is 1. The van der Waals surface area contributed by atoms with Gasteiger partial charge in [-0.15, -0.1) is 0 Å². The Bertz CT molecular complexity index is 935. The zero-order valence-electron chi connectivity index (χ0n) is 14.0. The van der Waals surface area contributed by atoms with Gasteiger partial charge in [0.15, 0.2) is 11.0 Å². The van der Waals surface area contributed by atoms with Gasteiger partial charge >= 0.3 is 0 Å². The average Bonchev–Trinajstić information content (AvgIpc) is 2.98. The molecule has 0 aromatic heterocycles. The van der Waals surface area contributed by atoms with Crippen LogP contribution in [0.15, 0.2) is 69.7 Å². The molecule has 2 aliphatic rings. The number of halogens is 1. The Labute approximate surface area is 156 Å². The van der Waals surface area contributed by atoms with Crippen molar-refractivity contribution < 1.29 is 4.79 Å². The van der Waals surface area contributed by atoms with Crippen LogP contribution in [0.25, 0.3) is 0 Å². The summed E-state index contributed by atoms with van der Waals surface area (Å²) in [6, 6.07) is 15.7. The predicted octanol–water partition coefficient (Wildman–Crippen LogP) is 5.62. The Kier molecular flexibility index (Phi) is 4.18. The van der Waals surface area contributed by atoms with Crippen molar-refractivity contribution in [2.75, 3.05) is 4.90 Å². The summed E-state index contributed by atoms with van der Waals surface area (Å²) in [6.45, 7) is 3.80. The van der Waals surface area contributed by atoms with Crippen LogP contribution in [0.3, 0.4) is 0 Å². The molecule has 2 aliphatic heterocycles. The summed E-state index contributed by atoms with van der Waals surface area (Å²) in [5.41, 5.74) is 3.52. The summed E-state index contributed by atoms with van der Waals surface area (Å²) in [4.78, 5) is 20.8. The Morgan fingerprint density at radius 2 is 1.92 bits per heavy atom. The Balaban J connectivity index is 1.97. The predicted molar refractivity (Wildman–Crippen MR) is 104 cm³/mol. The molecular formula is C20H17ClN2OS. The number of fused-ring (bicyclic) bond motifs is 3. The smallest absolute Gasteiger partial charge is 0.174 e. The van der Waals surface area contributed by atoms with Crippen molar-refractivity contribution in [3.05, 3.63) is 70.4 Å². The average molecular weight is 369 g/mol. The van der Waals surface area contributed by atoms with Crippen molar-refractivity contribution in [1.82, 2.24) is 0 Å². The molecule has 0 N–H and O–H groups in total. The second-order valence-corrected chi connectivity index (χ2v) is 7.45. The van der Waals surface area contributed by atoms with Crippen molar-refractivity contribution in [2.45, 2.75) is 31.2 Å². The molecule has 2 aromatic rings. The number of ketones is 1. The number of para-hydroxylation sites is 1. The molecule has 0 bridgehead atoms. The monoisotopic (exact) mass is 368 g/mol. The number of hydrogen-bond donors (Lipinski definition) is 0. The van der Waals surface area contributed by atoms with Gasteiger partial charge in [0, 0.05) is 27.6 Å². The fraction of sp³-hybridized carbons (Fsp3) is 0.200. The highest BCUT2D eigenvalue weighted by molar-refractivity contribution is 8.14. The largest absolute Gasteiger partial charge is 0.308 e. The second-order valence-electron chi connectivity index (χ2n) is 6.03. The van der Waals surface area contributed by atoms with Gasteiger partial charge in [-0.05, 0) is 42.4 Å². The molecule has 0 spiro atoms. The molecule has 3 nitrogen and oxygen atoms in total. The van der Waals surface area contributed by atoms with Crippen LogP contribution in [-0.2, 0) is 4.79 Å². The molecular weight excluding hydrogens is 352 g/mol. The summed E-state index contributed by atoms with van der Waals surface area (Å²) in [6.07, 6.45) is 0.446. The molecule has 0 aliphatic carbocycles. The summed E-state index contributed by atoms with van der Waals surface area (Å²) < 4.78 is 0. The molecule has 1 atom stereocenters. The van der Waals surface area contributed by atoms with E-state index in [2.05, 4.69) is 17.0 Å². The first-order valence-electron chi connectivity index (χ1n) is 8.25. The fourth-order valence-corrected chi connectivity index (χ4v) is 4.72. The number of carbonyl (C=O) groups excluding carboxylic acids is 1. The van der Waals surface area contributed by atoms with E-state index in [9.17, 15) is 4.79 Å². The minimum Gasteiger partial charge on any atom is -0.308 e. The lowest BCUT2D eigenvalue weighted by Gasteiger charge is -2.35. The lowest BCUT2D eigenvalue weighted by atomic mass is 9.90. The quantitative estimate of drug-likeness (QED) is 0.705. The molecule has 2 heterocycles. The molecule has 0 amide bonds. The van der Waals surface area contributed by atoms with E-state index in [0.29, 0.717) is 11.4 Å². The van der Waals surface area contributed by atoms with Gasteiger partial charge in [-0.3, -0.25) is 4.79 Å². The molecule has 0 saturated heterocycles. The van der Waals surface area contributed by atoms with E-state index in [4.69, 9.17) is 16.6 Å². The van der Waals surface area contributed by atoms with E-state index in [1.165, 1.54) is 0 Å². The van der Waals surface area contributed by atoms with Gasteiger partial charge in [-0.1, -0.05) is 48.9 Å². The maximum atomic E-state index is 12.8. The number of hydrogen-bond acceptors (Lipinski definition) is 4. The van der Waals surface area contributed by atoms with Gasteiger partial charge in [-0.25, -0.2) is 4.99 Å². The fourth-order valence-electron chi connectivity index (χ4n) is 3.39. The standard InChI is InChI=1S/C20H17ClN2OS/c1-3-16(24)18-12(2)22-20-23(15-10-6-7-11-17(15)25-20)19(18)13-8-4-5-9-14(13)21/h4-11,19H,3H2,1-2H3. The minimum absolute atomic E-state index is 0.111. The molecule has 2 aromatic carbocycles. The number of carbonyl (C=O) groups is 1. The summed E-state index contributed by atoms with van der Waals surface area (Å²) in [5, 5.41) is 1.56. The van der Waals surface area contributed by atoms with E-state index < -0.39 is 0 Å². The van der Waals surface area contributed by atoms with Crippen LogP contribution < -0.4 is 4.90 Å². The molecule has 0 saturated carbocycles. The molecule has 0 radical (unpaired) electrons. The van der Waals surface area contributed by atoms with Crippen molar-refractivity contribution in [2.24, 2.45) is 4.99 Å². The van der Waals surface area contributed by atoms with Gasteiger partial charge in [0.05, 0.1) is 11.7 Å². The minimum atomic E-state index is -0.246. The highest BCUT2D eigenvalue weighted by Crippen LogP contribution is 2.50. The summed E-state index contributed by atoms with van der Waals surface area (Å²) in [5.74, 6) is 0.111. The first kappa shape index (κ1) is 16.4. The van der Waals surface area contributed by atoms with Gasteiger partial charge in [0.25, 0.3) is 0 Å². The number of amidine groups is 1.